The van der Waals surface area contributed by atoms with Gasteiger partial charge in [0, 0.05) is 30.7 Å². The number of rotatable bonds is 6. The van der Waals surface area contributed by atoms with E-state index in [2.05, 4.69) is 31.4 Å². The summed E-state index contributed by atoms with van der Waals surface area (Å²) >= 11 is 3.42. The summed E-state index contributed by atoms with van der Waals surface area (Å²) in [4.78, 5) is 29.3. The Morgan fingerprint density at radius 1 is 1.29 bits per heavy atom. The minimum absolute atomic E-state index is 0.319. The summed E-state index contributed by atoms with van der Waals surface area (Å²) in [6.07, 6.45) is 2.39. The molecule has 0 fully saturated rings. The number of imidazole rings is 1. The lowest BCUT2D eigenvalue weighted by atomic mass is 10.2. The fraction of sp³-hybridized carbons (Fsp3) is 0.333. The molecule has 0 atom stereocenters. The summed E-state index contributed by atoms with van der Waals surface area (Å²) < 4.78 is 10.4. The topological polar surface area (TPSA) is 95.4 Å². The molecule has 0 unspecified atom stereocenters. The molecule has 0 bridgehead atoms. The van der Waals surface area contributed by atoms with Crippen molar-refractivity contribution < 1.29 is 4.74 Å². The number of aryl methyl sites for hydroxylation is 2. The normalized spacial score (nSPS) is 11.5. The van der Waals surface area contributed by atoms with E-state index in [1.165, 1.54) is 11.6 Å². The van der Waals surface area contributed by atoms with Gasteiger partial charge in [-0.25, -0.2) is 10.2 Å². The molecule has 3 aromatic rings. The molecule has 1 aromatic carbocycles. The van der Waals surface area contributed by atoms with Gasteiger partial charge >= 0.3 is 5.69 Å². The lowest BCUT2D eigenvalue weighted by molar-refractivity contribution is 0.414. The first-order valence-electron chi connectivity index (χ1n) is 8.67. The van der Waals surface area contributed by atoms with Crippen LogP contribution in [0.2, 0.25) is 0 Å². The Hall–Kier alpha value is -2.88. The second-order valence-electron chi connectivity index (χ2n) is 6.22. The van der Waals surface area contributed by atoms with E-state index < -0.39 is 5.69 Å². The quantitative estimate of drug-likeness (QED) is 0.459. The molecule has 1 N–H and O–H groups in total. The van der Waals surface area contributed by atoms with Gasteiger partial charge in [-0.1, -0.05) is 22.9 Å². The second-order valence-corrected chi connectivity index (χ2v) is 7.14. The number of nitrogens with one attached hydrogen (secondary N) is 1. The van der Waals surface area contributed by atoms with Crippen LogP contribution in [0.25, 0.3) is 11.2 Å². The minimum atomic E-state index is -0.424. The fourth-order valence-corrected chi connectivity index (χ4v) is 3.32. The van der Waals surface area contributed by atoms with Gasteiger partial charge in [0.2, 0.25) is 5.95 Å². The van der Waals surface area contributed by atoms with Crippen LogP contribution in [0.4, 0.5) is 5.95 Å². The molecule has 9 nitrogen and oxygen atoms in total. The standard InChI is InChI=1S/C18H21BrN6O3/c1-5-8-25-14-15(23(2)18(27)24(3)16(14)26)21-17(25)22-20-10-11-9-12(19)6-7-13(11)28-4/h6-7,9-10H,5,8H2,1-4H3,(H,21,22)/b20-10+. The molecule has 0 amide bonds. The molecule has 2 aromatic heterocycles. The molecule has 0 aliphatic heterocycles. The van der Waals surface area contributed by atoms with Crippen LogP contribution < -0.4 is 21.4 Å². The smallest absolute Gasteiger partial charge is 0.332 e. The Kier molecular flexibility index (Phi) is 5.68. The van der Waals surface area contributed by atoms with Gasteiger partial charge in [-0.3, -0.25) is 13.9 Å². The lowest BCUT2D eigenvalue weighted by Gasteiger charge is -2.08. The third kappa shape index (κ3) is 3.47. The third-order valence-corrected chi connectivity index (χ3v) is 4.85. The van der Waals surface area contributed by atoms with Crippen molar-refractivity contribution in [3.8, 4) is 5.75 Å². The van der Waals surface area contributed by atoms with Crippen LogP contribution in [0.5, 0.6) is 5.75 Å². The van der Waals surface area contributed by atoms with Crippen molar-refractivity contribution >= 4 is 39.3 Å². The monoisotopic (exact) mass is 448 g/mol. The maximum atomic E-state index is 12.6. The highest BCUT2D eigenvalue weighted by molar-refractivity contribution is 9.10. The molecular weight excluding hydrogens is 428 g/mol. The van der Waals surface area contributed by atoms with Gasteiger partial charge in [0.05, 0.1) is 13.3 Å². The zero-order chi connectivity index (χ0) is 20.4. The highest BCUT2D eigenvalue weighted by Crippen LogP contribution is 2.21. The molecule has 28 heavy (non-hydrogen) atoms. The predicted octanol–water partition coefficient (Wildman–Crippen LogP) is 2.06. The molecule has 148 valence electrons. The van der Waals surface area contributed by atoms with Gasteiger partial charge in [-0.05, 0) is 24.6 Å². The van der Waals surface area contributed by atoms with E-state index in [-0.39, 0.29) is 5.56 Å². The molecule has 0 spiro atoms. The van der Waals surface area contributed by atoms with Crippen molar-refractivity contribution in [1.29, 1.82) is 0 Å². The number of benzene rings is 1. The number of anilines is 1. The van der Waals surface area contributed by atoms with E-state index in [1.807, 2.05) is 25.1 Å². The van der Waals surface area contributed by atoms with Crippen molar-refractivity contribution in [1.82, 2.24) is 18.7 Å². The van der Waals surface area contributed by atoms with Crippen molar-refractivity contribution in [2.24, 2.45) is 19.2 Å². The van der Waals surface area contributed by atoms with Crippen LogP contribution in [0.1, 0.15) is 18.9 Å². The number of hydrogen-bond acceptors (Lipinski definition) is 6. The molecule has 0 radical (unpaired) electrons. The highest BCUT2D eigenvalue weighted by atomic mass is 79.9. The largest absolute Gasteiger partial charge is 0.496 e. The van der Waals surface area contributed by atoms with Crippen LogP contribution in [0, 0.1) is 0 Å². The van der Waals surface area contributed by atoms with Gasteiger partial charge in [0.1, 0.15) is 5.75 Å². The fourth-order valence-electron chi connectivity index (χ4n) is 2.94. The van der Waals surface area contributed by atoms with Crippen molar-refractivity contribution in [3.63, 3.8) is 0 Å². The first-order valence-corrected chi connectivity index (χ1v) is 9.47. The number of methoxy groups -OCH3 is 1. The van der Waals surface area contributed by atoms with E-state index in [4.69, 9.17) is 4.74 Å². The van der Waals surface area contributed by atoms with Crippen LogP contribution in [-0.2, 0) is 20.6 Å². The molecule has 10 heteroatoms. The molecule has 0 aliphatic carbocycles. The summed E-state index contributed by atoms with van der Waals surface area (Å²) in [5.41, 5.74) is 3.53. The van der Waals surface area contributed by atoms with Crippen LogP contribution in [-0.4, -0.2) is 32.0 Å². The number of hydrazone groups is 1. The first-order chi connectivity index (χ1) is 13.4. The summed E-state index contributed by atoms with van der Waals surface area (Å²) in [5.74, 6) is 1.06. The molecule has 2 heterocycles. The number of halogens is 1. The minimum Gasteiger partial charge on any atom is -0.496 e. The van der Waals surface area contributed by atoms with E-state index >= 15 is 0 Å². The van der Waals surface area contributed by atoms with E-state index in [9.17, 15) is 9.59 Å². The lowest BCUT2D eigenvalue weighted by Crippen LogP contribution is -2.37. The van der Waals surface area contributed by atoms with Gasteiger partial charge < -0.3 is 9.30 Å². The van der Waals surface area contributed by atoms with E-state index in [1.54, 1.807) is 24.9 Å². The molecule has 0 saturated heterocycles. The van der Waals surface area contributed by atoms with Crippen LogP contribution in [0.3, 0.4) is 0 Å². The average molecular weight is 449 g/mol. The summed E-state index contributed by atoms with van der Waals surface area (Å²) in [5, 5.41) is 4.25. The van der Waals surface area contributed by atoms with Gasteiger partial charge in [-0.15, -0.1) is 0 Å². The maximum Gasteiger partial charge on any atom is 0.332 e. The summed E-state index contributed by atoms with van der Waals surface area (Å²) in [6.45, 7) is 2.56. The zero-order valence-electron chi connectivity index (χ0n) is 16.1. The summed E-state index contributed by atoms with van der Waals surface area (Å²) in [6, 6.07) is 5.58. The molecule has 0 saturated carbocycles. The van der Waals surface area contributed by atoms with Gasteiger partial charge in [0.25, 0.3) is 5.56 Å². The Balaban J connectivity index is 2.07. The zero-order valence-corrected chi connectivity index (χ0v) is 17.6. The Bertz CT molecular complexity index is 1170. The molecule has 3 rings (SSSR count). The van der Waals surface area contributed by atoms with Crippen LogP contribution >= 0.6 is 15.9 Å². The number of hydrogen-bond donors (Lipinski definition) is 1. The van der Waals surface area contributed by atoms with E-state index in [0.717, 1.165) is 21.0 Å². The highest BCUT2D eigenvalue weighted by Gasteiger charge is 2.18. The SMILES string of the molecule is CCCn1c(N/N=C/c2cc(Br)ccc2OC)nc2c1c(=O)n(C)c(=O)n2C. The molecular formula is C18H21BrN6O3. The van der Waals surface area contributed by atoms with E-state index in [0.29, 0.717) is 29.4 Å². The van der Waals surface area contributed by atoms with Gasteiger partial charge in [-0.2, -0.15) is 10.1 Å². The Morgan fingerprint density at radius 2 is 2.04 bits per heavy atom. The Morgan fingerprint density at radius 3 is 2.71 bits per heavy atom. The number of nitrogens with zero attached hydrogens (tertiary/aromatic N) is 5. The first kappa shape index (κ1) is 19.9. The number of fused-ring (bicyclic) bond motifs is 1. The van der Waals surface area contributed by atoms with Crippen molar-refractivity contribution in [3.05, 3.63) is 49.1 Å². The second kappa shape index (κ2) is 8.01. The van der Waals surface area contributed by atoms with Crippen molar-refractivity contribution in [2.75, 3.05) is 12.5 Å². The summed E-state index contributed by atoms with van der Waals surface area (Å²) in [7, 11) is 4.63. The maximum absolute atomic E-state index is 12.6. The number of ether oxygens (including phenoxy) is 1. The third-order valence-electron chi connectivity index (χ3n) is 4.36. The van der Waals surface area contributed by atoms with Crippen molar-refractivity contribution in [2.45, 2.75) is 19.9 Å². The van der Waals surface area contributed by atoms with Crippen LogP contribution in [0.15, 0.2) is 37.4 Å². The predicted molar refractivity (Wildman–Crippen MR) is 112 cm³/mol. The average Bonchev–Trinajstić information content (AvgIpc) is 3.04. The number of aromatic nitrogens is 4. The van der Waals surface area contributed by atoms with Gasteiger partial charge in [0.15, 0.2) is 11.2 Å². The molecule has 0 aliphatic rings. The Labute approximate surface area is 169 Å².